The number of carboxylic acid groups (broad SMARTS) is 1. The molecule has 0 radical (unpaired) electrons. The molecule has 2 rings (SSSR count). The Hall–Kier alpha value is -1.11. The number of hydrogen-bond acceptors (Lipinski definition) is 2. The van der Waals surface area contributed by atoms with Gasteiger partial charge in [0.2, 0.25) is 0 Å². The number of hydrogen-bond donors (Lipinski definition) is 1. The van der Waals surface area contributed by atoms with Gasteiger partial charge in [-0.15, -0.1) is 0 Å². The van der Waals surface area contributed by atoms with Crippen LogP contribution in [0.1, 0.15) is 35.7 Å². The monoisotopic (exact) mass is 373 g/mol. The average Bonchev–Trinajstić information content (AvgIpc) is 2.75. The van der Waals surface area contributed by atoms with Crippen molar-refractivity contribution in [3.8, 4) is 0 Å². The lowest BCUT2D eigenvalue weighted by Crippen LogP contribution is -2.50. The van der Waals surface area contributed by atoms with Crippen LogP contribution in [0.4, 0.5) is 0 Å². The zero-order valence-electron chi connectivity index (χ0n) is 10.9. The van der Waals surface area contributed by atoms with Gasteiger partial charge in [0.1, 0.15) is 5.54 Å². The minimum Gasteiger partial charge on any atom is -0.480 e. The molecule has 4 nitrogen and oxygen atoms in total. The van der Waals surface area contributed by atoms with Crippen molar-refractivity contribution in [1.82, 2.24) is 4.90 Å². The summed E-state index contributed by atoms with van der Waals surface area (Å²) in [5.41, 5.74) is 0.513. The molecule has 1 unspecified atom stereocenters. The average molecular weight is 373 g/mol. The van der Waals surface area contributed by atoms with Crippen LogP contribution >= 0.6 is 22.6 Å². The first-order valence-corrected chi connectivity index (χ1v) is 7.25. The van der Waals surface area contributed by atoms with Gasteiger partial charge in [0.25, 0.3) is 5.91 Å². The van der Waals surface area contributed by atoms with E-state index >= 15 is 0 Å². The minimum absolute atomic E-state index is 0.185. The Morgan fingerprint density at radius 1 is 1.42 bits per heavy atom. The zero-order valence-corrected chi connectivity index (χ0v) is 13.1. The predicted octanol–water partition coefficient (Wildman–Crippen LogP) is 2.68. The van der Waals surface area contributed by atoms with E-state index in [1.807, 2.05) is 25.1 Å². The van der Waals surface area contributed by atoms with Gasteiger partial charge in [0.05, 0.1) is 5.56 Å². The van der Waals surface area contributed by atoms with Gasteiger partial charge in [0.15, 0.2) is 0 Å². The summed E-state index contributed by atoms with van der Waals surface area (Å²) in [5.74, 6) is -1.11. The molecular formula is C14H16INO3. The van der Waals surface area contributed by atoms with E-state index in [0.717, 1.165) is 15.6 Å². The first kappa shape index (κ1) is 14.3. The molecule has 1 heterocycles. The third-order valence-electron chi connectivity index (χ3n) is 3.70. The maximum atomic E-state index is 12.6. The summed E-state index contributed by atoms with van der Waals surface area (Å²) in [4.78, 5) is 25.5. The zero-order chi connectivity index (χ0) is 14.2. The van der Waals surface area contributed by atoms with E-state index in [2.05, 4.69) is 22.6 Å². The summed E-state index contributed by atoms with van der Waals surface area (Å²) < 4.78 is 0.854. The molecule has 102 valence electrons. The smallest absolute Gasteiger partial charge is 0.329 e. The number of amides is 1. The van der Waals surface area contributed by atoms with Crippen molar-refractivity contribution in [2.24, 2.45) is 0 Å². The Kier molecular flexibility index (Phi) is 3.85. The van der Waals surface area contributed by atoms with Gasteiger partial charge in [-0.25, -0.2) is 4.79 Å². The van der Waals surface area contributed by atoms with E-state index in [9.17, 15) is 14.7 Å². The van der Waals surface area contributed by atoms with E-state index in [-0.39, 0.29) is 5.91 Å². The third kappa shape index (κ3) is 2.48. The highest BCUT2D eigenvalue weighted by molar-refractivity contribution is 14.1. The van der Waals surface area contributed by atoms with Crippen LogP contribution in [-0.4, -0.2) is 34.0 Å². The van der Waals surface area contributed by atoms with E-state index in [1.165, 1.54) is 4.90 Å². The van der Waals surface area contributed by atoms with Gasteiger partial charge in [-0.05, 0) is 61.4 Å². The van der Waals surface area contributed by atoms with Crippen molar-refractivity contribution in [3.63, 3.8) is 0 Å². The molecule has 1 aromatic rings. The molecule has 0 spiro atoms. The Labute approximate surface area is 125 Å². The molecule has 1 atom stereocenters. The largest absolute Gasteiger partial charge is 0.480 e. The molecule has 5 heteroatoms. The van der Waals surface area contributed by atoms with Crippen molar-refractivity contribution in [1.29, 1.82) is 0 Å². The molecule has 0 aliphatic carbocycles. The summed E-state index contributed by atoms with van der Waals surface area (Å²) in [6.45, 7) is 4.06. The number of nitrogens with zero attached hydrogens (tertiary/aromatic N) is 1. The fourth-order valence-corrected chi connectivity index (χ4v) is 3.03. The highest BCUT2D eigenvalue weighted by atomic mass is 127. The van der Waals surface area contributed by atoms with Crippen LogP contribution in [0.15, 0.2) is 18.2 Å². The van der Waals surface area contributed by atoms with Crippen LogP contribution in [0.2, 0.25) is 0 Å². The summed E-state index contributed by atoms with van der Waals surface area (Å²) in [7, 11) is 0. The molecule has 1 fully saturated rings. The maximum Gasteiger partial charge on any atom is 0.329 e. The molecular weight excluding hydrogens is 357 g/mol. The van der Waals surface area contributed by atoms with Crippen molar-refractivity contribution in [2.75, 3.05) is 6.54 Å². The third-order valence-corrected chi connectivity index (χ3v) is 4.64. The molecule has 1 amide bonds. The first-order chi connectivity index (χ1) is 8.86. The van der Waals surface area contributed by atoms with Crippen molar-refractivity contribution >= 4 is 34.5 Å². The molecule has 0 bridgehead atoms. The second-order valence-electron chi connectivity index (χ2n) is 5.12. The lowest BCUT2D eigenvalue weighted by atomic mass is 9.98. The normalized spacial score (nSPS) is 22.6. The number of rotatable bonds is 2. The quantitative estimate of drug-likeness (QED) is 0.812. The van der Waals surface area contributed by atoms with E-state index < -0.39 is 11.5 Å². The number of aliphatic carboxylic acids is 1. The minimum atomic E-state index is -1.08. The topological polar surface area (TPSA) is 57.6 Å². The van der Waals surface area contributed by atoms with E-state index in [4.69, 9.17) is 0 Å². The number of likely N-dealkylation sites (tertiary alicyclic amines) is 1. The summed E-state index contributed by atoms with van der Waals surface area (Å²) >= 11 is 2.11. The van der Waals surface area contributed by atoms with Gasteiger partial charge in [-0.1, -0.05) is 11.6 Å². The predicted molar refractivity (Wildman–Crippen MR) is 80.2 cm³/mol. The number of carbonyl (C=O) groups excluding carboxylic acids is 1. The number of carboxylic acids is 1. The highest BCUT2D eigenvalue weighted by Crippen LogP contribution is 2.31. The summed E-state index contributed by atoms with van der Waals surface area (Å²) in [6, 6.07) is 5.65. The van der Waals surface area contributed by atoms with Crippen molar-refractivity contribution in [2.45, 2.75) is 32.2 Å². The Bertz CT molecular complexity index is 543. The van der Waals surface area contributed by atoms with Crippen LogP contribution in [0.5, 0.6) is 0 Å². The lowest BCUT2D eigenvalue weighted by molar-refractivity contribution is -0.147. The van der Waals surface area contributed by atoms with Crippen LogP contribution in [0.25, 0.3) is 0 Å². The molecule has 1 aromatic carbocycles. The van der Waals surface area contributed by atoms with Crippen molar-refractivity contribution in [3.05, 3.63) is 32.9 Å². The van der Waals surface area contributed by atoms with Crippen LogP contribution in [0.3, 0.4) is 0 Å². The van der Waals surface area contributed by atoms with Crippen LogP contribution < -0.4 is 0 Å². The Morgan fingerprint density at radius 2 is 2.11 bits per heavy atom. The second kappa shape index (κ2) is 5.11. The number of halogens is 1. The Morgan fingerprint density at radius 3 is 2.74 bits per heavy atom. The second-order valence-corrected chi connectivity index (χ2v) is 6.28. The summed E-state index contributed by atoms with van der Waals surface area (Å²) in [5, 5.41) is 9.37. The molecule has 0 saturated carbocycles. The molecule has 1 saturated heterocycles. The highest BCUT2D eigenvalue weighted by Gasteiger charge is 2.46. The van der Waals surface area contributed by atoms with E-state index in [0.29, 0.717) is 18.5 Å². The molecule has 1 aliphatic heterocycles. The fraction of sp³-hybridized carbons (Fsp3) is 0.429. The number of benzene rings is 1. The first-order valence-electron chi connectivity index (χ1n) is 6.18. The Balaban J connectivity index is 2.39. The van der Waals surface area contributed by atoms with E-state index in [1.54, 1.807) is 6.92 Å². The fourth-order valence-electron chi connectivity index (χ4n) is 2.46. The molecule has 19 heavy (non-hydrogen) atoms. The van der Waals surface area contributed by atoms with Crippen LogP contribution in [-0.2, 0) is 4.79 Å². The van der Waals surface area contributed by atoms with Gasteiger partial charge in [-0.3, -0.25) is 4.79 Å². The van der Waals surface area contributed by atoms with Crippen LogP contribution in [0, 0.1) is 10.5 Å². The maximum absolute atomic E-state index is 12.6. The number of carbonyl (C=O) groups is 2. The molecule has 0 aromatic heterocycles. The van der Waals surface area contributed by atoms with Gasteiger partial charge >= 0.3 is 5.97 Å². The standard InChI is InChI=1S/C14H16INO3/c1-9-4-5-11(15)10(8-9)12(17)16-7-3-6-14(16,2)13(18)19/h4-5,8H,3,6-7H2,1-2H3,(H,18,19). The van der Waals surface area contributed by atoms with Crippen molar-refractivity contribution < 1.29 is 14.7 Å². The molecule has 1 N–H and O–H groups in total. The van der Waals surface area contributed by atoms with Gasteiger partial charge in [-0.2, -0.15) is 0 Å². The molecule has 1 aliphatic rings. The number of aryl methyl sites for hydroxylation is 1. The SMILES string of the molecule is Cc1ccc(I)c(C(=O)N2CCCC2(C)C(=O)O)c1. The lowest BCUT2D eigenvalue weighted by Gasteiger charge is -2.31. The van der Waals surface area contributed by atoms with Gasteiger partial charge in [0, 0.05) is 10.1 Å². The summed E-state index contributed by atoms with van der Waals surface area (Å²) in [6.07, 6.45) is 1.24. The van der Waals surface area contributed by atoms with Gasteiger partial charge < -0.3 is 10.0 Å².